The topological polar surface area (TPSA) is 30.9 Å². The summed E-state index contributed by atoms with van der Waals surface area (Å²) in [5.74, 6) is 1.74. The van der Waals surface area contributed by atoms with Crippen LogP contribution < -0.4 is 4.74 Å². The lowest BCUT2D eigenvalue weighted by atomic mass is 10.1. The Hall–Kier alpha value is -1.88. The van der Waals surface area contributed by atoms with Crippen molar-refractivity contribution in [3.8, 4) is 11.5 Å². The molecule has 0 radical (unpaired) electrons. The Balaban J connectivity index is 1.58. The van der Waals surface area contributed by atoms with Crippen LogP contribution in [0, 0.1) is 0 Å². The Labute approximate surface area is 144 Å². The van der Waals surface area contributed by atoms with Gasteiger partial charge in [0, 0.05) is 33.4 Å². The van der Waals surface area contributed by atoms with Gasteiger partial charge in [0.25, 0.3) is 0 Å². The molecule has 1 saturated heterocycles. The highest BCUT2D eigenvalue weighted by molar-refractivity contribution is 5.33. The van der Waals surface area contributed by atoms with E-state index in [9.17, 15) is 0 Å². The van der Waals surface area contributed by atoms with Crippen LogP contribution >= 0.6 is 0 Å². The third-order valence-electron chi connectivity index (χ3n) is 4.15. The number of benzene rings is 2. The van der Waals surface area contributed by atoms with E-state index in [4.69, 9.17) is 14.2 Å². The van der Waals surface area contributed by atoms with Crippen LogP contribution in [0.3, 0.4) is 0 Å². The van der Waals surface area contributed by atoms with Crippen molar-refractivity contribution in [3.05, 3.63) is 60.2 Å². The van der Waals surface area contributed by atoms with E-state index in [1.54, 1.807) is 7.11 Å². The van der Waals surface area contributed by atoms with E-state index in [1.165, 1.54) is 5.56 Å². The molecule has 2 aromatic rings. The summed E-state index contributed by atoms with van der Waals surface area (Å²) in [7, 11) is 1.73. The molecule has 0 aliphatic carbocycles. The quantitative estimate of drug-likeness (QED) is 0.775. The minimum Gasteiger partial charge on any atom is -0.457 e. The zero-order valence-electron chi connectivity index (χ0n) is 14.2. The third kappa shape index (κ3) is 5.06. The number of morpholine rings is 1. The highest BCUT2D eigenvalue weighted by Gasteiger charge is 2.20. The molecule has 1 aliphatic heterocycles. The fourth-order valence-electron chi connectivity index (χ4n) is 2.94. The first-order chi connectivity index (χ1) is 11.8. The normalized spacial score (nSPS) is 18.5. The maximum Gasteiger partial charge on any atom is 0.127 e. The SMILES string of the molecule is COCC[C@H]1CN(Cc2cccc(Oc3ccccc3)c2)CCO1. The second-order valence-electron chi connectivity index (χ2n) is 6.07. The van der Waals surface area contributed by atoms with Crippen LogP contribution in [0.4, 0.5) is 0 Å². The van der Waals surface area contributed by atoms with Gasteiger partial charge in [0.05, 0.1) is 12.7 Å². The molecule has 0 N–H and O–H groups in total. The standard InChI is InChI=1S/C20H25NO3/c1-22-12-10-20-16-21(11-13-23-20)15-17-6-5-9-19(14-17)24-18-7-3-2-4-8-18/h2-9,14,20H,10-13,15-16H2,1H3/t20-/m0/s1. The van der Waals surface area contributed by atoms with Crippen LogP contribution in [0.1, 0.15) is 12.0 Å². The summed E-state index contributed by atoms with van der Waals surface area (Å²) in [5.41, 5.74) is 1.26. The van der Waals surface area contributed by atoms with Crippen LogP contribution in [0.2, 0.25) is 0 Å². The Kier molecular flexibility index (Phi) is 6.24. The van der Waals surface area contributed by atoms with E-state index in [-0.39, 0.29) is 6.10 Å². The van der Waals surface area contributed by atoms with Crippen molar-refractivity contribution < 1.29 is 14.2 Å². The van der Waals surface area contributed by atoms with Gasteiger partial charge in [-0.2, -0.15) is 0 Å². The second-order valence-corrected chi connectivity index (χ2v) is 6.07. The summed E-state index contributed by atoms with van der Waals surface area (Å²) in [6, 6.07) is 18.2. The first kappa shape index (κ1) is 17.0. The molecular formula is C20H25NO3. The molecule has 0 aromatic heterocycles. The summed E-state index contributed by atoms with van der Waals surface area (Å²) in [4.78, 5) is 2.44. The van der Waals surface area contributed by atoms with Crippen LogP contribution in [-0.4, -0.2) is 44.4 Å². The summed E-state index contributed by atoms with van der Waals surface area (Å²) < 4.78 is 16.9. The largest absolute Gasteiger partial charge is 0.457 e. The minimum absolute atomic E-state index is 0.266. The Morgan fingerprint density at radius 1 is 1.08 bits per heavy atom. The lowest BCUT2D eigenvalue weighted by molar-refractivity contribution is -0.0432. The Morgan fingerprint density at radius 2 is 1.92 bits per heavy atom. The number of methoxy groups -OCH3 is 1. The van der Waals surface area contributed by atoms with E-state index in [1.807, 2.05) is 36.4 Å². The Morgan fingerprint density at radius 3 is 2.75 bits per heavy atom. The van der Waals surface area contributed by atoms with Gasteiger partial charge in [0.15, 0.2) is 0 Å². The summed E-state index contributed by atoms with van der Waals surface area (Å²) in [5, 5.41) is 0. The van der Waals surface area contributed by atoms with Gasteiger partial charge < -0.3 is 14.2 Å². The zero-order chi connectivity index (χ0) is 16.6. The fourth-order valence-corrected chi connectivity index (χ4v) is 2.94. The second kappa shape index (κ2) is 8.83. The molecule has 0 unspecified atom stereocenters. The van der Waals surface area contributed by atoms with Crippen molar-refractivity contribution in [2.75, 3.05) is 33.4 Å². The summed E-state index contributed by atoms with van der Waals surface area (Å²) in [6.45, 7) is 4.37. The fraction of sp³-hybridized carbons (Fsp3) is 0.400. The third-order valence-corrected chi connectivity index (χ3v) is 4.15. The van der Waals surface area contributed by atoms with Crippen molar-refractivity contribution in [1.82, 2.24) is 4.90 Å². The Bertz CT molecular complexity index is 617. The first-order valence-corrected chi connectivity index (χ1v) is 8.48. The molecule has 1 heterocycles. The average molecular weight is 327 g/mol. The van der Waals surface area contributed by atoms with Gasteiger partial charge in [-0.25, -0.2) is 0 Å². The molecule has 128 valence electrons. The van der Waals surface area contributed by atoms with Gasteiger partial charge in [-0.1, -0.05) is 30.3 Å². The van der Waals surface area contributed by atoms with Crippen molar-refractivity contribution in [3.63, 3.8) is 0 Å². The predicted octanol–water partition coefficient (Wildman–Crippen LogP) is 3.72. The number of rotatable bonds is 7. The minimum atomic E-state index is 0.266. The van der Waals surface area contributed by atoms with E-state index >= 15 is 0 Å². The summed E-state index contributed by atoms with van der Waals surface area (Å²) >= 11 is 0. The molecule has 4 nitrogen and oxygen atoms in total. The van der Waals surface area contributed by atoms with Gasteiger partial charge in [-0.3, -0.25) is 4.90 Å². The first-order valence-electron chi connectivity index (χ1n) is 8.48. The number of hydrogen-bond acceptors (Lipinski definition) is 4. The molecule has 1 fully saturated rings. The predicted molar refractivity (Wildman–Crippen MR) is 94.5 cm³/mol. The molecule has 2 aromatic carbocycles. The van der Waals surface area contributed by atoms with Gasteiger partial charge in [-0.15, -0.1) is 0 Å². The number of hydrogen-bond donors (Lipinski definition) is 0. The highest BCUT2D eigenvalue weighted by Crippen LogP contribution is 2.23. The van der Waals surface area contributed by atoms with Gasteiger partial charge in [0.2, 0.25) is 0 Å². The molecule has 0 saturated carbocycles. The van der Waals surface area contributed by atoms with Gasteiger partial charge in [0.1, 0.15) is 11.5 Å². The molecule has 1 atom stereocenters. The smallest absolute Gasteiger partial charge is 0.127 e. The summed E-state index contributed by atoms with van der Waals surface area (Å²) in [6.07, 6.45) is 1.21. The van der Waals surface area contributed by atoms with E-state index in [0.29, 0.717) is 0 Å². The highest BCUT2D eigenvalue weighted by atomic mass is 16.5. The number of ether oxygens (including phenoxy) is 3. The average Bonchev–Trinajstić information content (AvgIpc) is 2.61. The van der Waals surface area contributed by atoms with Crippen LogP contribution in [-0.2, 0) is 16.0 Å². The number of para-hydroxylation sites is 1. The molecule has 24 heavy (non-hydrogen) atoms. The van der Waals surface area contributed by atoms with Crippen molar-refractivity contribution in [2.24, 2.45) is 0 Å². The molecular weight excluding hydrogens is 302 g/mol. The lowest BCUT2D eigenvalue weighted by Gasteiger charge is -2.33. The lowest BCUT2D eigenvalue weighted by Crippen LogP contribution is -2.42. The maximum atomic E-state index is 5.92. The van der Waals surface area contributed by atoms with Gasteiger partial charge in [-0.05, 0) is 36.2 Å². The van der Waals surface area contributed by atoms with Crippen molar-refractivity contribution in [2.45, 2.75) is 19.1 Å². The molecule has 0 amide bonds. The maximum absolute atomic E-state index is 5.92. The van der Waals surface area contributed by atoms with Crippen LogP contribution in [0.15, 0.2) is 54.6 Å². The number of nitrogens with zero attached hydrogens (tertiary/aromatic N) is 1. The van der Waals surface area contributed by atoms with E-state index < -0.39 is 0 Å². The van der Waals surface area contributed by atoms with Crippen LogP contribution in [0.25, 0.3) is 0 Å². The van der Waals surface area contributed by atoms with Crippen LogP contribution in [0.5, 0.6) is 11.5 Å². The van der Waals surface area contributed by atoms with Crippen molar-refractivity contribution in [1.29, 1.82) is 0 Å². The molecule has 0 bridgehead atoms. The van der Waals surface area contributed by atoms with E-state index in [2.05, 4.69) is 23.1 Å². The molecule has 0 spiro atoms. The molecule has 1 aliphatic rings. The zero-order valence-corrected chi connectivity index (χ0v) is 14.2. The molecule has 4 heteroatoms. The van der Waals surface area contributed by atoms with E-state index in [0.717, 1.165) is 50.8 Å². The van der Waals surface area contributed by atoms with Gasteiger partial charge >= 0.3 is 0 Å². The molecule has 3 rings (SSSR count). The monoisotopic (exact) mass is 327 g/mol. The van der Waals surface area contributed by atoms with Crippen molar-refractivity contribution >= 4 is 0 Å².